The number of morpholine rings is 1. The highest BCUT2D eigenvalue weighted by atomic mass is 32.1. The van der Waals surface area contributed by atoms with Crippen molar-refractivity contribution in [2.75, 3.05) is 26.2 Å². The Hall–Kier alpha value is -0.910. The first-order valence-electron chi connectivity index (χ1n) is 8.79. The normalized spacial score (nSPS) is 27.8. The lowest BCUT2D eigenvalue weighted by Crippen LogP contribution is -2.46. The van der Waals surface area contributed by atoms with Gasteiger partial charge in [0.2, 0.25) is 5.91 Å². The van der Waals surface area contributed by atoms with Crippen LogP contribution in [0.3, 0.4) is 0 Å². The Kier molecular flexibility index (Phi) is 5.72. The minimum Gasteiger partial charge on any atom is -0.367 e. The summed E-state index contributed by atoms with van der Waals surface area (Å²) >= 11 is 1.68. The Balaban J connectivity index is 1.57. The Morgan fingerprint density at radius 2 is 2.22 bits per heavy atom. The van der Waals surface area contributed by atoms with Crippen molar-refractivity contribution in [3.05, 3.63) is 22.4 Å². The van der Waals surface area contributed by atoms with E-state index in [1.807, 2.05) is 4.90 Å². The Morgan fingerprint density at radius 3 is 2.91 bits per heavy atom. The van der Waals surface area contributed by atoms with E-state index in [0.29, 0.717) is 30.7 Å². The zero-order valence-corrected chi connectivity index (χ0v) is 15.0. The van der Waals surface area contributed by atoms with Gasteiger partial charge >= 0.3 is 0 Å². The third-order valence-electron chi connectivity index (χ3n) is 5.21. The maximum Gasteiger partial charge on any atom is 0.223 e. The predicted molar refractivity (Wildman–Crippen MR) is 93.6 cm³/mol. The second kappa shape index (κ2) is 7.77. The molecular formula is C18H28N2O2S. The number of nitrogens with zero attached hydrogens (tertiary/aromatic N) is 1. The van der Waals surface area contributed by atoms with Crippen LogP contribution in [0.25, 0.3) is 0 Å². The highest BCUT2D eigenvalue weighted by Gasteiger charge is 2.31. The van der Waals surface area contributed by atoms with Crippen molar-refractivity contribution < 1.29 is 9.53 Å². The maximum atomic E-state index is 12.8. The minimum absolute atomic E-state index is 0.0307. The molecule has 3 unspecified atom stereocenters. The molecule has 0 bridgehead atoms. The number of rotatable bonds is 4. The first kappa shape index (κ1) is 16.9. The van der Waals surface area contributed by atoms with Crippen LogP contribution >= 0.6 is 11.3 Å². The van der Waals surface area contributed by atoms with Crippen LogP contribution in [0.4, 0.5) is 0 Å². The van der Waals surface area contributed by atoms with Crippen LogP contribution in [-0.4, -0.2) is 43.1 Å². The fourth-order valence-corrected chi connectivity index (χ4v) is 4.48. The lowest BCUT2D eigenvalue weighted by molar-refractivity contribution is -0.146. The standard InChI is InChI=1S/C18H28N2O2S/c1-13(15-3-6-19-7-4-15)9-18(21)20-10-14(2)22-17(11-20)16-5-8-23-12-16/h5,8,12-15,17,19H,3-4,6-7,9-11H2,1-2H3. The molecule has 1 N–H and O–H groups in total. The largest absolute Gasteiger partial charge is 0.367 e. The van der Waals surface area contributed by atoms with Gasteiger partial charge in [-0.15, -0.1) is 0 Å². The van der Waals surface area contributed by atoms with Crippen molar-refractivity contribution in [3.8, 4) is 0 Å². The number of carbonyl (C=O) groups excluding carboxylic acids is 1. The van der Waals surface area contributed by atoms with E-state index < -0.39 is 0 Å². The fourth-order valence-electron chi connectivity index (χ4n) is 3.78. The predicted octanol–water partition coefficient (Wildman–Crippen LogP) is 3.06. The molecule has 2 fully saturated rings. The van der Waals surface area contributed by atoms with Crippen LogP contribution in [0.2, 0.25) is 0 Å². The van der Waals surface area contributed by atoms with Gasteiger partial charge in [-0.05, 0) is 67.1 Å². The van der Waals surface area contributed by atoms with Crippen LogP contribution in [0, 0.1) is 11.8 Å². The van der Waals surface area contributed by atoms with Gasteiger partial charge in [-0.2, -0.15) is 11.3 Å². The maximum absolute atomic E-state index is 12.8. The monoisotopic (exact) mass is 336 g/mol. The summed E-state index contributed by atoms with van der Waals surface area (Å²) in [6.07, 6.45) is 3.21. The number of piperidine rings is 1. The van der Waals surface area contributed by atoms with E-state index in [2.05, 4.69) is 36.0 Å². The van der Waals surface area contributed by atoms with Crippen molar-refractivity contribution in [3.63, 3.8) is 0 Å². The van der Waals surface area contributed by atoms with Crippen molar-refractivity contribution in [1.82, 2.24) is 10.2 Å². The number of amides is 1. The lowest BCUT2D eigenvalue weighted by Gasteiger charge is -2.38. The van der Waals surface area contributed by atoms with Gasteiger partial charge < -0.3 is 15.0 Å². The molecule has 0 saturated carbocycles. The van der Waals surface area contributed by atoms with Crippen LogP contribution in [0.5, 0.6) is 0 Å². The first-order chi connectivity index (χ1) is 11.1. The van der Waals surface area contributed by atoms with E-state index in [9.17, 15) is 4.79 Å². The van der Waals surface area contributed by atoms with Crippen LogP contribution in [0.15, 0.2) is 16.8 Å². The molecule has 0 radical (unpaired) electrons. The van der Waals surface area contributed by atoms with Gasteiger partial charge in [0.15, 0.2) is 0 Å². The summed E-state index contributed by atoms with van der Waals surface area (Å²) in [4.78, 5) is 14.8. The Labute approximate surface area is 143 Å². The first-order valence-corrected chi connectivity index (χ1v) is 9.74. The molecule has 2 aliphatic rings. The zero-order chi connectivity index (χ0) is 16.2. The Bertz CT molecular complexity index is 499. The quantitative estimate of drug-likeness (QED) is 0.919. The molecule has 1 aromatic heterocycles. The molecule has 3 rings (SSSR count). The Morgan fingerprint density at radius 1 is 1.43 bits per heavy atom. The molecule has 1 aromatic rings. The number of hydrogen-bond acceptors (Lipinski definition) is 4. The van der Waals surface area contributed by atoms with Gasteiger partial charge in [0.25, 0.3) is 0 Å². The van der Waals surface area contributed by atoms with Gasteiger partial charge in [0, 0.05) is 13.0 Å². The van der Waals surface area contributed by atoms with Crippen molar-refractivity contribution in [1.29, 1.82) is 0 Å². The zero-order valence-electron chi connectivity index (χ0n) is 14.2. The van der Waals surface area contributed by atoms with E-state index in [0.717, 1.165) is 19.6 Å². The molecule has 4 nitrogen and oxygen atoms in total. The van der Waals surface area contributed by atoms with Gasteiger partial charge in [0.1, 0.15) is 6.10 Å². The smallest absolute Gasteiger partial charge is 0.223 e. The van der Waals surface area contributed by atoms with Gasteiger partial charge in [-0.3, -0.25) is 4.79 Å². The molecule has 0 aromatic carbocycles. The van der Waals surface area contributed by atoms with E-state index in [4.69, 9.17) is 4.74 Å². The number of thiophene rings is 1. The molecule has 2 aliphatic heterocycles. The number of carbonyl (C=O) groups is 1. The molecule has 3 atom stereocenters. The summed E-state index contributed by atoms with van der Waals surface area (Å²) < 4.78 is 6.04. The second-order valence-corrected chi connectivity index (χ2v) is 7.84. The van der Waals surface area contributed by atoms with E-state index in [-0.39, 0.29) is 12.2 Å². The molecule has 5 heteroatoms. The van der Waals surface area contributed by atoms with Crippen molar-refractivity contribution in [2.45, 2.75) is 45.3 Å². The van der Waals surface area contributed by atoms with Crippen LogP contribution in [0.1, 0.15) is 44.8 Å². The molecule has 23 heavy (non-hydrogen) atoms. The van der Waals surface area contributed by atoms with Gasteiger partial charge in [-0.25, -0.2) is 0 Å². The van der Waals surface area contributed by atoms with Gasteiger partial charge in [-0.1, -0.05) is 6.92 Å². The van der Waals surface area contributed by atoms with Crippen molar-refractivity contribution in [2.24, 2.45) is 11.8 Å². The molecule has 2 saturated heterocycles. The summed E-state index contributed by atoms with van der Waals surface area (Å²) in [6.45, 7) is 7.91. The fraction of sp³-hybridized carbons (Fsp3) is 0.722. The molecule has 0 aliphatic carbocycles. The molecule has 1 amide bonds. The molecular weight excluding hydrogens is 308 g/mol. The molecule has 3 heterocycles. The van der Waals surface area contributed by atoms with Crippen molar-refractivity contribution >= 4 is 17.2 Å². The SMILES string of the molecule is CC1CN(C(=O)CC(C)C2CCNCC2)CC(c2ccsc2)O1. The molecule has 128 valence electrons. The lowest BCUT2D eigenvalue weighted by atomic mass is 9.84. The van der Waals surface area contributed by atoms with Crippen LogP contribution in [-0.2, 0) is 9.53 Å². The minimum atomic E-state index is 0.0307. The highest BCUT2D eigenvalue weighted by molar-refractivity contribution is 7.07. The third kappa shape index (κ3) is 4.34. The molecule has 0 spiro atoms. The topological polar surface area (TPSA) is 41.6 Å². The summed E-state index contributed by atoms with van der Waals surface area (Å²) in [5.41, 5.74) is 1.20. The number of hydrogen-bond donors (Lipinski definition) is 1. The third-order valence-corrected chi connectivity index (χ3v) is 5.91. The number of ether oxygens (including phenoxy) is 1. The summed E-state index contributed by atoms with van der Waals surface area (Å²) in [7, 11) is 0. The summed E-state index contributed by atoms with van der Waals surface area (Å²) in [5.74, 6) is 1.46. The number of nitrogens with one attached hydrogen (secondary N) is 1. The summed E-state index contributed by atoms with van der Waals surface area (Å²) in [6, 6.07) is 2.10. The highest BCUT2D eigenvalue weighted by Crippen LogP contribution is 2.29. The average molecular weight is 337 g/mol. The average Bonchev–Trinajstić information content (AvgIpc) is 3.09. The van der Waals surface area contributed by atoms with Crippen LogP contribution < -0.4 is 5.32 Å². The van der Waals surface area contributed by atoms with Gasteiger partial charge in [0.05, 0.1) is 12.6 Å². The summed E-state index contributed by atoms with van der Waals surface area (Å²) in [5, 5.41) is 7.60. The van der Waals surface area contributed by atoms with E-state index in [1.165, 1.54) is 18.4 Å². The second-order valence-electron chi connectivity index (χ2n) is 7.06. The van der Waals surface area contributed by atoms with E-state index in [1.54, 1.807) is 11.3 Å². The van der Waals surface area contributed by atoms with E-state index >= 15 is 0 Å².